The lowest BCUT2D eigenvalue weighted by atomic mass is 9.76. The first-order valence-electron chi connectivity index (χ1n) is 6.90. The molecular weight excluding hydrogens is 256 g/mol. The third kappa shape index (κ3) is 2.67. The first-order valence-corrected chi connectivity index (χ1v) is 6.90. The van der Waals surface area contributed by atoms with Crippen LogP contribution in [0.15, 0.2) is 42.5 Å². The molecule has 0 heterocycles. The van der Waals surface area contributed by atoms with Crippen LogP contribution in [0.3, 0.4) is 0 Å². The summed E-state index contributed by atoms with van der Waals surface area (Å²) in [4.78, 5) is 0. The first kappa shape index (κ1) is 13.1. The van der Waals surface area contributed by atoms with Crippen molar-refractivity contribution in [3.8, 4) is 0 Å². The van der Waals surface area contributed by atoms with E-state index in [0.717, 1.165) is 24.0 Å². The van der Waals surface area contributed by atoms with E-state index in [1.165, 1.54) is 12.1 Å². The molecule has 1 N–H and O–H groups in total. The van der Waals surface area contributed by atoms with Gasteiger partial charge in [0.25, 0.3) is 0 Å². The monoisotopic (exact) mass is 273 g/mol. The largest absolute Gasteiger partial charge is 0.380 e. The Morgan fingerprint density at radius 3 is 2.60 bits per heavy atom. The molecule has 2 aromatic carbocycles. The minimum absolute atomic E-state index is 0.191. The molecule has 0 radical (unpaired) electrons. The molecule has 0 aromatic heterocycles. The quantitative estimate of drug-likeness (QED) is 0.859. The van der Waals surface area contributed by atoms with E-state index >= 15 is 0 Å². The molecule has 1 nitrogen and oxygen atoms in total. The Labute approximate surface area is 117 Å². The van der Waals surface area contributed by atoms with Gasteiger partial charge in [-0.15, -0.1) is 0 Å². The predicted octanol–water partition coefficient (Wildman–Crippen LogP) is 4.63. The molecule has 0 unspecified atom stereocenters. The SMILES string of the molecule is Cc1ccc(F)c(NC2CC(c3cccc(F)c3)C2)c1. The van der Waals surface area contributed by atoms with Gasteiger partial charge < -0.3 is 5.32 Å². The van der Waals surface area contributed by atoms with E-state index in [0.29, 0.717) is 11.6 Å². The van der Waals surface area contributed by atoms with Gasteiger partial charge in [0, 0.05) is 6.04 Å². The molecule has 0 amide bonds. The summed E-state index contributed by atoms with van der Waals surface area (Å²) in [7, 11) is 0. The molecular formula is C17H17F2N. The van der Waals surface area contributed by atoms with Crippen molar-refractivity contribution < 1.29 is 8.78 Å². The molecule has 3 heteroatoms. The van der Waals surface area contributed by atoms with Crippen molar-refractivity contribution in [2.75, 3.05) is 5.32 Å². The third-order valence-electron chi connectivity index (χ3n) is 3.94. The topological polar surface area (TPSA) is 12.0 Å². The van der Waals surface area contributed by atoms with Gasteiger partial charge in [-0.1, -0.05) is 18.2 Å². The minimum Gasteiger partial charge on any atom is -0.380 e. The molecule has 0 saturated heterocycles. The number of benzene rings is 2. The van der Waals surface area contributed by atoms with Gasteiger partial charge in [-0.05, 0) is 61.1 Å². The van der Waals surface area contributed by atoms with Crippen molar-refractivity contribution in [1.82, 2.24) is 0 Å². The van der Waals surface area contributed by atoms with Crippen LogP contribution in [0.1, 0.15) is 29.9 Å². The van der Waals surface area contributed by atoms with Crippen LogP contribution in [-0.4, -0.2) is 6.04 Å². The van der Waals surface area contributed by atoms with Crippen LogP contribution in [0.2, 0.25) is 0 Å². The van der Waals surface area contributed by atoms with Gasteiger partial charge in [0.1, 0.15) is 11.6 Å². The van der Waals surface area contributed by atoms with E-state index in [4.69, 9.17) is 0 Å². The average molecular weight is 273 g/mol. The van der Waals surface area contributed by atoms with Crippen LogP contribution >= 0.6 is 0 Å². The summed E-state index contributed by atoms with van der Waals surface area (Å²) in [5.74, 6) is -0.0375. The fourth-order valence-electron chi connectivity index (χ4n) is 2.74. The molecule has 1 saturated carbocycles. The maximum Gasteiger partial charge on any atom is 0.146 e. The van der Waals surface area contributed by atoms with E-state index in [1.807, 2.05) is 19.1 Å². The molecule has 1 aliphatic carbocycles. The summed E-state index contributed by atoms with van der Waals surface area (Å²) in [6, 6.07) is 12.1. The number of hydrogen-bond donors (Lipinski definition) is 1. The van der Waals surface area contributed by atoms with Gasteiger partial charge in [-0.2, -0.15) is 0 Å². The van der Waals surface area contributed by atoms with E-state index in [1.54, 1.807) is 18.2 Å². The summed E-state index contributed by atoms with van der Waals surface area (Å²) in [5, 5.41) is 3.23. The van der Waals surface area contributed by atoms with Crippen LogP contribution in [0, 0.1) is 18.6 Å². The summed E-state index contributed by atoms with van der Waals surface area (Å²) in [6.45, 7) is 1.95. The van der Waals surface area contributed by atoms with E-state index in [2.05, 4.69) is 5.32 Å². The number of hydrogen-bond acceptors (Lipinski definition) is 1. The molecule has 104 valence electrons. The Morgan fingerprint density at radius 2 is 1.85 bits per heavy atom. The lowest BCUT2D eigenvalue weighted by Gasteiger charge is -2.37. The molecule has 0 spiro atoms. The minimum atomic E-state index is -0.218. The predicted molar refractivity (Wildman–Crippen MR) is 76.9 cm³/mol. The smallest absolute Gasteiger partial charge is 0.146 e. The lowest BCUT2D eigenvalue weighted by molar-refractivity contribution is 0.371. The highest BCUT2D eigenvalue weighted by Crippen LogP contribution is 2.39. The lowest BCUT2D eigenvalue weighted by Crippen LogP contribution is -2.34. The highest BCUT2D eigenvalue weighted by Gasteiger charge is 2.30. The average Bonchev–Trinajstić information content (AvgIpc) is 2.37. The van der Waals surface area contributed by atoms with Crippen molar-refractivity contribution in [3.63, 3.8) is 0 Å². The van der Waals surface area contributed by atoms with Gasteiger partial charge in [0.15, 0.2) is 0 Å². The second kappa shape index (κ2) is 5.23. The number of rotatable bonds is 3. The van der Waals surface area contributed by atoms with Gasteiger partial charge in [-0.25, -0.2) is 8.78 Å². The zero-order chi connectivity index (χ0) is 14.1. The second-order valence-corrected chi connectivity index (χ2v) is 5.55. The zero-order valence-electron chi connectivity index (χ0n) is 11.4. The summed E-state index contributed by atoms with van der Waals surface area (Å²) >= 11 is 0. The second-order valence-electron chi connectivity index (χ2n) is 5.55. The van der Waals surface area contributed by atoms with Gasteiger partial charge >= 0.3 is 0 Å². The van der Waals surface area contributed by atoms with Crippen LogP contribution in [0.4, 0.5) is 14.5 Å². The maximum atomic E-state index is 13.7. The van der Waals surface area contributed by atoms with Crippen LogP contribution in [-0.2, 0) is 0 Å². The third-order valence-corrected chi connectivity index (χ3v) is 3.94. The van der Waals surface area contributed by atoms with Gasteiger partial charge in [-0.3, -0.25) is 0 Å². The first-order chi connectivity index (χ1) is 9.61. The molecule has 0 atom stereocenters. The highest BCUT2D eigenvalue weighted by atomic mass is 19.1. The molecule has 2 aromatic rings. The van der Waals surface area contributed by atoms with Gasteiger partial charge in [0.05, 0.1) is 5.69 Å². The number of anilines is 1. The Hall–Kier alpha value is -1.90. The summed E-state index contributed by atoms with van der Waals surface area (Å²) in [5.41, 5.74) is 2.63. The number of aryl methyl sites for hydroxylation is 1. The Morgan fingerprint density at radius 1 is 1.05 bits per heavy atom. The summed E-state index contributed by atoms with van der Waals surface area (Å²) in [6.07, 6.45) is 1.83. The van der Waals surface area contributed by atoms with Crippen molar-refractivity contribution in [2.45, 2.75) is 31.7 Å². The van der Waals surface area contributed by atoms with Crippen LogP contribution in [0.5, 0.6) is 0 Å². The van der Waals surface area contributed by atoms with Crippen molar-refractivity contribution >= 4 is 5.69 Å². The van der Waals surface area contributed by atoms with Crippen molar-refractivity contribution in [3.05, 3.63) is 65.2 Å². The normalized spacial score (nSPS) is 21.4. The molecule has 3 rings (SSSR count). The Kier molecular flexibility index (Phi) is 3.43. The van der Waals surface area contributed by atoms with Crippen LogP contribution < -0.4 is 5.32 Å². The molecule has 1 aliphatic rings. The molecule has 0 aliphatic heterocycles. The van der Waals surface area contributed by atoms with Gasteiger partial charge in [0.2, 0.25) is 0 Å². The molecule has 1 fully saturated rings. The Balaban J connectivity index is 1.62. The Bertz CT molecular complexity index is 618. The van der Waals surface area contributed by atoms with E-state index in [-0.39, 0.29) is 17.7 Å². The fraction of sp³-hybridized carbons (Fsp3) is 0.294. The molecule has 20 heavy (non-hydrogen) atoms. The fourth-order valence-corrected chi connectivity index (χ4v) is 2.74. The summed E-state index contributed by atoms with van der Waals surface area (Å²) < 4.78 is 26.8. The standard InChI is InChI=1S/C17H17F2N/c1-11-5-6-16(19)17(7-11)20-15-9-13(10-15)12-3-2-4-14(18)8-12/h2-8,13,15,20H,9-10H2,1H3. The van der Waals surface area contributed by atoms with Crippen LogP contribution in [0.25, 0.3) is 0 Å². The van der Waals surface area contributed by atoms with Crippen molar-refractivity contribution in [1.29, 1.82) is 0 Å². The highest BCUT2D eigenvalue weighted by molar-refractivity contribution is 5.48. The number of nitrogens with one attached hydrogen (secondary N) is 1. The van der Waals surface area contributed by atoms with E-state index < -0.39 is 0 Å². The van der Waals surface area contributed by atoms with E-state index in [9.17, 15) is 8.78 Å². The molecule has 0 bridgehead atoms. The maximum absolute atomic E-state index is 13.7. The van der Waals surface area contributed by atoms with Crippen molar-refractivity contribution in [2.24, 2.45) is 0 Å². The number of halogens is 2. The zero-order valence-corrected chi connectivity index (χ0v) is 11.4.